The van der Waals surface area contributed by atoms with Crippen LogP contribution in [0.2, 0.25) is 5.54 Å². The molecule has 0 bridgehead atoms. The van der Waals surface area contributed by atoms with Gasteiger partial charge < -0.3 is 8.85 Å². The van der Waals surface area contributed by atoms with Crippen molar-refractivity contribution in [1.82, 2.24) is 0 Å². The molecular weight excluding hydrogens is 222 g/mol. The van der Waals surface area contributed by atoms with Crippen molar-refractivity contribution in [3.05, 3.63) is 0 Å². The summed E-state index contributed by atoms with van der Waals surface area (Å²) in [6.45, 7) is 2.79. The fourth-order valence-corrected chi connectivity index (χ4v) is 3.69. The molecule has 0 fully saturated rings. The second-order valence-corrected chi connectivity index (χ2v) is 6.45. The number of isocyanates is 1. The predicted molar refractivity (Wildman–Crippen MR) is 66.7 cm³/mol. The highest BCUT2D eigenvalue weighted by atomic mass is 28.3. The van der Waals surface area contributed by atoms with Crippen LogP contribution in [0.25, 0.3) is 0 Å². The highest BCUT2D eigenvalue weighted by Crippen LogP contribution is 2.23. The zero-order chi connectivity index (χ0) is 12.2. The predicted octanol–water partition coefficient (Wildman–Crippen LogP) is 2.18. The summed E-state index contributed by atoms with van der Waals surface area (Å²) in [5.41, 5.74) is 0.588. The molecule has 16 heavy (non-hydrogen) atoms. The lowest BCUT2D eigenvalue weighted by Gasteiger charge is -2.21. The number of hydrogen-bond donors (Lipinski definition) is 0. The van der Waals surface area contributed by atoms with Crippen LogP contribution >= 0.6 is 0 Å². The normalized spacial score (nSPS) is 12.5. The van der Waals surface area contributed by atoms with E-state index in [-0.39, 0.29) is 0 Å². The van der Waals surface area contributed by atoms with Crippen LogP contribution in [-0.4, -0.2) is 36.1 Å². The van der Waals surface area contributed by atoms with Crippen molar-refractivity contribution < 1.29 is 13.6 Å². The Morgan fingerprint density at radius 3 is 2.44 bits per heavy atom. The van der Waals surface area contributed by atoms with Gasteiger partial charge in [-0.25, -0.2) is 9.79 Å². The Balaban J connectivity index is 3.65. The molecule has 5 heteroatoms. The zero-order valence-corrected chi connectivity index (χ0v) is 11.7. The molecular formula is C11H23NO3Si. The second kappa shape index (κ2) is 11.0. The van der Waals surface area contributed by atoms with Crippen molar-refractivity contribution in [2.45, 2.75) is 44.6 Å². The van der Waals surface area contributed by atoms with E-state index in [1.54, 1.807) is 20.3 Å². The van der Waals surface area contributed by atoms with Crippen LogP contribution in [0.5, 0.6) is 0 Å². The third-order valence-electron chi connectivity index (χ3n) is 2.78. The highest BCUT2D eigenvalue weighted by Gasteiger charge is 2.21. The fraction of sp³-hybridized carbons (Fsp3) is 0.909. The van der Waals surface area contributed by atoms with E-state index in [0.717, 1.165) is 32.1 Å². The van der Waals surface area contributed by atoms with Gasteiger partial charge in [-0.3, -0.25) is 0 Å². The van der Waals surface area contributed by atoms with E-state index in [0.29, 0.717) is 12.1 Å². The summed E-state index contributed by atoms with van der Waals surface area (Å²) >= 11 is 0. The fourth-order valence-electron chi connectivity index (χ4n) is 1.83. The first-order valence-electron chi connectivity index (χ1n) is 5.89. The lowest BCUT2D eigenvalue weighted by molar-refractivity contribution is 0.260. The van der Waals surface area contributed by atoms with Crippen LogP contribution in [0.3, 0.4) is 0 Å². The maximum absolute atomic E-state index is 9.84. The van der Waals surface area contributed by atoms with Gasteiger partial charge in [0.05, 0.1) is 6.54 Å². The second-order valence-electron chi connectivity index (χ2n) is 3.83. The van der Waals surface area contributed by atoms with E-state index >= 15 is 0 Å². The molecule has 0 radical (unpaired) electrons. The lowest BCUT2D eigenvalue weighted by atomic mass is 10.1. The van der Waals surface area contributed by atoms with E-state index < -0.39 is 9.28 Å². The van der Waals surface area contributed by atoms with Gasteiger partial charge in [0, 0.05) is 14.2 Å². The monoisotopic (exact) mass is 245 g/mol. The molecule has 0 saturated heterocycles. The first-order valence-corrected chi connectivity index (χ1v) is 7.50. The molecule has 0 aromatic rings. The van der Waals surface area contributed by atoms with Crippen LogP contribution in [0, 0.1) is 0 Å². The maximum atomic E-state index is 9.84. The topological polar surface area (TPSA) is 47.9 Å². The van der Waals surface area contributed by atoms with Crippen molar-refractivity contribution in [2.75, 3.05) is 20.8 Å². The van der Waals surface area contributed by atoms with Gasteiger partial charge in [-0.1, -0.05) is 26.2 Å². The van der Waals surface area contributed by atoms with Crippen molar-refractivity contribution in [2.24, 2.45) is 4.99 Å². The molecule has 0 aromatic heterocycles. The minimum Gasteiger partial charge on any atom is -0.400 e. The minimum absolute atomic E-state index is 0.588. The highest BCUT2D eigenvalue weighted by molar-refractivity contribution is 6.46. The van der Waals surface area contributed by atoms with E-state index in [9.17, 15) is 4.79 Å². The number of rotatable bonds is 10. The summed E-state index contributed by atoms with van der Waals surface area (Å²) in [6.07, 6.45) is 7.06. The first-order chi connectivity index (χ1) is 7.79. The summed E-state index contributed by atoms with van der Waals surface area (Å²) in [7, 11) is 2.02. The molecule has 0 N–H and O–H groups in total. The summed E-state index contributed by atoms with van der Waals surface area (Å²) in [5.74, 6) is 0. The first kappa shape index (κ1) is 15.5. The number of hydrogen-bond acceptors (Lipinski definition) is 4. The van der Waals surface area contributed by atoms with Gasteiger partial charge in [-0.05, 0) is 18.4 Å². The smallest absolute Gasteiger partial charge is 0.324 e. The van der Waals surface area contributed by atoms with Gasteiger partial charge in [0.15, 0.2) is 0 Å². The molecule has 0 aliphatic rings. The molecule has 0 aromatic carbocycles. The molecule has 0 amide bonds. The standard InChI is InChI=1S/C11H23NO3Si/c1-4-11(16(14-2)15-3)8-6-5-7-9-12-10-13/h11,16H,4-9H2,1-3H3. The van der Waals surface area contributed by atoms with Crippen molar-refractivity contribution in [3.63, 3.8) is 0 Å². The summed E-state index contributed by atoms with van der Waals surface area (Å²) in [4.78, 5) is 13.4. The van der Waals surface area contributed by atoms with E-state index in [1.807, 2.05) is 0 Å². The number of aliphatic imine (C=N–C) groups is 1. The van der Waals surface area contributed by atoms with Crippen LogP contribution in [0.15, 0.2) is 4.99 Å². The summed E-state index contributed by atoms with van der Waals surface area (Å²) in [5, 5.41) is 0. The van der Waals surface area contributed by atoms with Gasteiger partial charge in [0.25, 0.3) is 0 Å². The van der Waals surface area contributed by atoms with Crippen molar-refractivity contribution >= 4 is 15.4 Å². The van der Waals surface area contributed by atoms with E-state index in [2.05, 4.69) is 11.9 Å². The Morgan fingerprint density at radius 2 is 1.94 bits per heavy atom. The SMILES string of the molecule is CCC(CCCCCN=C=O)[SiH](OC)OC. The molecule has 1 atom stereocenters. The zero-order valence-electron chi connectivity index (χ0n) is 10.6. The van der Waals surface area contributed by atoms with E-state index in [4.69, 9.17) is 8.85 Å². The molecule has 4 nitrogen and oxygen atoms in total. The maximum Gasteiger partial charge on any atom is 0.324 e. The Bertz CT molecular complexity index is 203. The Hall–Kier alpha value is -0.483. The summed E-state index contributed by atoms with van der Waals surface area (Å²) < 4.78 is 10.8. The third kappa shape index (κ3) is 6.90. The molecule has 94 valence electrons. The molecule has 0 saturated carbocycles. The molecule has 0 aliphatic heterocycles. The van der Waals surface area contributed by atoms with Crippen LogP contribution in [0.1, 0.15) is 39.0 Å². The quantitative estimate of drug-likeness (QED) is 0.256. The lowest BCUT2D eigenvalue weighted by Crippen LogP contribution is -2.26. The third-order valence-corrected chi connectivity index (χ3v) is 5.29. The largest absolute Gasteiger partial charge is 0.400 e. The average molecular weight is 245 g/mol. The van der Waals surface area contributed by atoms with Gasteiger partial charge in [-0.15, -0.1) is 0 Å². The number of unbranched alkanes of at least 4 members (excludes halogenated alkanes) is 2. The molecule has 0 spiro atoms. The van der Waals surface area contributed by atoms with E-state index in [1.165, 1.54) is 0 Å². The summed E-state index contributed by atoms with van der Waals surface area (Å²) in [6, 6.07) is 0. The van der Waals surface area contributed by atoms with Gasteiger partial charge in [-0.2, -0.15) is 0 Å². The van der Waals surface area contributed by atoms with Gasteiger partial charge in [0.1, 0.15) is 0 Å². The van der Waals surface area contributed by atoms with Crippen LogP contribution < -0.4 is 0 Å². The van der Waals surface area contributed by atoms with Crippen LogP contribution in [-0.2, 0) is 13.6 Å². The van der Waals surface area contributed by atoms with Gasteiger partial charge >= 0.3 is 9.28 Å². The molecule has 0 aliphatic carbocycles. The van der Waals surface area contributed by atoms with Crippen LogP contribution in [0.4, 0.5) is 0 Å². The average Bonchev–Trinajstić information content (AvgIpc) is 2.32. The molecule has 0 heterocycles. The Labute approximate surface area is 99.9 Å². The Kier molecular flexibility index (Phi) is 10.7. The van der Waals surface area contributed by atoms with Gasteiger partial charge in [0.2, 0.25) is 6.08 Å². The number of nitrogens with zero attached hydrogens (tertiary/aromatic N) is 1. The molecule has 0 rings (SSSR count). The molecule has 1 unspecified atom stereocenters. The number of carbonyl (C=O) groups excluding carboxylic acids is 1. The minimum atomic E-state index is -1.46. The van der Waals surface area contributed by atoms with Crippen molar-refractivity contribution in [3.8, 4) is 0 Å². The van der Waals surface area contributed by atoms with Crippen molar-refractivity contribution in [1.29, 1.82) is 0 Å². The Morgan fingerprint density at radius 1 is 1.25 bits per heavy atom.